The van der Waals surface area contributed by atoms with Gasteiger partial charge in [-0.05, 0) is 36.4 Å². The molecule has 0 aliphatic carbocycles. The quantitative estimate of drug-likeness (QED) is 0.231. The van der Waals surface area contributed by atoms with Crippen LogP contribution in [0.4, 0.5) is 0 Å². The average Bonchev–Trinajstić information content (AvgIpc) is 3.08. The molecule has 0 unspecified atom stereocenters. The van der Waals surface area contributed by atoms with Gasteiger partial charge in [0.15, 0.2) is 0 Å². The summed E-state index contributed by atoms with van der Waals surface area (Å²) in [7, 11) is -4.99. The number of benzene rings is 6. The van der Waals surface area contributed by atoms with Crippen LogP contribution in [-0.2, 0) is 0 Å². The van der Waals surface area contributed by atoms with E-state index >= 15 is 0 Å². The molecule has 0 atom stereocenters. The first kappa shape index (κ1) is 31.9. The van der Waals surface area contributed by atoms with Crippen molar-refractivity contribution < 1.29 is 17.0 Å². The van der Waals surface area contributed by atoms with Gasteiger partial charge in [0.1, 0.15) is 23.0 Å². The van der Waals surface area contributed by atoms with Gasteiger partial charge in [-0.15, -0.1) is 4.52 Å². The van der Waals surface area contributed by atoms with Crippen LogP contribution < -0.4 is 48.8 Å². The van der Waals surface area contributed by atoms with Crippen molar-refractivity contribution in [2.75, 3.05) is 0 Å². The molecule has 6 aromatic rings. The molecule has 0 saturated heterocycles. The Labute approximate surface area is 266 Å². The predicted molar refractivity (Wildman–Crippen MR) is 184 cm³/mol. The Hall–Kier alpha value is -4.05. The number of hydrogen-bond donors (Lipinski definition) is 0. The molecule has 0 saturated carbocycles. The third-order valence-corrected chi connectivity index (χ3v) is 15.5. The van der Waals surface area contributed by atoms with Crippen molar-refractivity contribution >= 4 is 46.3 Å². The van der Waals surface area contributed by atoms with Gasteiger partial charge in [0.05, 0.1) is 6.07 Å². The normalized spacial score (nSPS) is 10.7. The minimum atomic E-state index is -2.50. The van der Waals surface area contributed by atoms with Gasteiger partial charge in [-0.25, -0.2) is 0 Å². The molecule has 0 aromatic heterocycles. The maximum absolute atomic E-state index is 7.32. The van der Waals surface area contributed by atoms with E-state index in [-0.39, 0.29) is 17.0 Å². The Morgan fingerprint density at radius 2 is 0.651 bits per heavy atom. The first-order valence-electron chi connectivity index (χ1n) is 13.9. The highest BCUT2D eigenvalue weighted by Crippen LogP contribution is 2.65. The molecule has 0 heterocycles. The fraction of sp³-hybridized carbons (Fsp3) is 0.0263. The van der Waals surface area contributed by atoms with Gasteiger partial charge in [-0.3, -0.25) is 0 Å². The number of nitriles is 1. The van der Waals surface area contributed by atoms with Crippen LogP contribution in [0.3, 0.4) is 0 Å². The second-order valence-electron chi connectivity index (χ2n) is 9.60. The first-order valence-corrected chi connectivity index (χ1v) is 17.4. The minimum absolute atomic E-state index is 0. The lowest BCUT2D eigenvalue weighted by atomic mass is 10.4. The van der Waals surface area contributed by atoms with Gasteiger partial charge >= 0.3 is 0 Å². The second-order valence-corrected chi connectivity index (χ2v) is 16.0. The SMILES string of the molecule is CC#N.[Br-].c1ccc(P(=N[P+](c2ccccc2)(c2ccccc2)c2ccccc2)(c2ccccc2)c2ccccc2)cc1. The van der Waals surface area contributed by atoms with E-state index in [0.29, 0.717) is 0 Å². The maximum Gasteiger partial charge on any atom is 0.228 e. The molecule has 212 valence electrons. The monoisotopic (exact) mass is 658 g/mol. The molecular weight excluding hydrogens is 626 g/mol. The van der Waals surface area contributed by atoms with Crippen molar-refractivity contribution in [3.63, 3.8) is 0 Å². The Balaban J connectivity index is 0.00000102. The standard InChI is InChI=1S/C36H30NP2.C2H3N.BrH/c1-7-19-31(20-8-1)38(32-21-9-2-10-22-32,33-23-11-3-12-24-33)37-39(34-25-13-4-14-26-34,35-27-15-5-16-28-35)36-29-17-6-18-30-36;1-2-3;/h1-30H;1H3;1H/q+1;;/p-1. The van der Waals surface area contributed by atoms with E-state index in [1.165, 1.54) is 38.8 Å². The highest BCUT2D eigenvalue weighted by Gasteiger charge is 2.49. The van der Waals surface area contributed by atoms with Crippen LogP contribution in [0.15, 0.2) is 187 Å². The van der Waals surface area contributed by atoms with Crippen molar-refractivity contribution in [1.82, 2.24) is 0 Å². The smallest absolute Gasteiger partial charge is 0.228 e. The lowest BCUT2D eigenvalue weighted by Crippen LogP contribution is -3.00. The van der Waals surface area contributed by atoms with Crippen LogP contribution in [0.5, 0.6) is 0 Å². The van der Waals surface area contributed by atoms with Crippen molar-refractivity contribution in [2.45, 2.75) is 6.92 Å². The van der Waals surface area contributed by atoms with E-state index in [0.717, 1.165) is 0 Å². The van der Waals surface area contributed by atoms with E-state index in [1.807, 2.05) is 0 Å². The third-order valence-electron chi connectivity index (χ3n) is 7.05. The molecule has 0 radical (unpaired) electrons. The third kappa shape index (κ3) is 6.64. The highest BCUT2D eigenvalue weighted by atomic mass is 79.9. The molecule has 0 aliphatic rings. The molecule has 6 rings (SSSR count). The lowest BCUT2D eigenvalue weighted by molar-refractivity contribution is -0.00000845. The van der Waals surface area contributed by atoms with Gasteiger partial charge in [0.25, 0.3) is 0 Å². The van der Waals surface area contributed by atoms with Crippen LogP contribution in [-0.4, -0.2) is 0 Å². The summed E-state index contributed by atoms with van der Waals surface area (Å²) < 4.78 is 6.38. The zero-order chi connectivity index (χ0) is 29.1. The number of halogens is 1. The highest BCUT2D eigenvalue weighted by molar-refractivity contribution is 8.01. The second kappa shape index (κ2) is 15.4. The van der Waals surface area contributed by atoms with E-state index in [1.54, 1.807) is 6.07 Å². The Bertz CT molecular complexity index is 1570. The fourth-order valence-corrected chi connectivity index (χ4v) is 14.8. The number of nitrogens with zero attached hydrogens (tertiary/aromatic N) is 2. The van der Waals surface area contributed by atoms with Crippen molar-refractivity contribution in [3.8, 4) is 6.07 Å². The summed E-state index contributed by atoms with van der Waals surface area (Å²) >= 11 is 0. The van der Waals surface area contributed by atoms with Gasteiger partial charge in [0, 0.05) is 22.8 Å². The summed E-state index contributed by atoms with van der Waals surface area (Å²) in [6.07, 6.45) is 0. The molecule has 0 spiro atoms. The zero-order valence-corrected chi connectivity index (χ0v) is 27.4. The zero-order valence-electron chi connectivity index (χ0n) is 24.0. The molecule has 0 bridgehead atoms. The van der Waals surface area contributed by atoms with E-state index in [2.05, 4.69) is 182 Å². The summed E-state index contributed by atoms with van der Waals surface area (Å²) in [4.78, 5) is 0. The Kier molecular flexibility index (Phi) is 11.4. The minimum Gasteiger partial charge on any atom is -1.00 e. The maximum atomic E-state index is 7.32. The molecule has 6 aromatic carbocycles. The van der Waals surface area contributed by atoms with Gasteiger partial charge in [-0.2, -0.15) is 5.26 Å². The van der Waals surface area contributed by atoms with Crippen molar-refractivity contribution in [2.24, 2.45) is 4.52 Å². The van der Waals surface area contributed by atoms with E-state index < -0.39 is 14.5 Å². The molecular formula is C38H33BrN2P2. The molecule has 2 nitrogen and oxygen atoms in total. The molecule has 0 aliphatic heterocycles. The van der Waals surface area contributed by atoms with Crippen LogP contribution in [0, 0.1) is 11.3 Å². The molecule has 43 heavy (non-hydrogen) atoms. The summed E-state index contributed by atoms with van der Waals surface area (Å²) in [5.41, 5.74) is 0. The summed E-state index contributed by atoms with van der Waals surface area (Å²) in [6.45, 7) is 1.43. The summed E-state index contributed by atoms with van der Waals surface area (Å²) in [5.74, 6) is 0. The first-order chi connectivity index (χ1) is 20.8. The lowest BCUT2D eigenvalue weighted by Gasteiger charge is -2.31. The topological polar surface area (TPSA) is 36.1 Å². The Morgan fingerprint density at radius 1 is 0.442 bits per heavy atom. The molecule has 5 heteroatoms. The molecule has 0 fully saturated rings. The predicted octanol–water partition coefficient (Wildman–Crippen LogP) is 4.61. The van der Waals surface area contributed by atoms with Crippen LogP contribution >= 0.6 is 14.5 Å². The van der Waals surface area contributed by atoms with Crippen LogP contribution in [0.2, 0.25) is 0 Å². The van der Waals surface area contributed by atoms with E-state index in [9.17, 15) is 0 Å². The van der Waals surface area contributed by atoms with Crippen LogP contribution in [0.25, 0.3) is 0 Å². The molecule has 0 N–H and O–H groups in total. The number of rotatable bonds is 7. The van der Waals surface area contributed by atoms with Crippen molar-refractivity contribution in [3.05, 3.63) is 182 Å². The van der Waals surface area contributed by atoms with Gasteiger partial charge < -0.3 is 17.0 Å². The Morgan fingerprint density at radius 3 is 0.884 bits per heavy atom. The largest absolute Gasteiger partial charge is 1.00 e. The summed E-state index contributed by atoms with van der Waals surface area (Å²) in [6, 6.07) is 67.4. The fourth-order valence-electron chi connectivity index (χ4n) is 5.27. The summed E-state index contributed by atoms with van der Waals surface area (Å²) in [5, 5.41) is 14.9. The van der Waals surface area contributed by atoms with Gasteiger partial charge in [0.2, 0.25) is 7.41 Å². The van der Waals surface area contributed by atoms with Crippen molar-refractivity contribution in [1.29, 1.82) is 5.26 Å². The van der Waals surface area contributed by atoms with Gasteiger partial charge in [-0.1, -0.05) is 146 Å². The molecule has 0 amide bonds. The number of hydrogen-bond acceptors (Lipinski definition) is 2. The van der Waals surface area contributed by atoms with E-state index in [4.69, 9.17) is 9.78 Å². The van der Waals surface area contributed by atoms with Crippen LogP contribution in [0.1, 0.15) is 6.92 Å². The average molecular weight is 660 g/mol.